The van der Waals surface area contributed by atoms with Gasteiger partial charge in [-0.25, -0.2) is 9.18 Å². The predicted molar refractivity (Wildman–Crippen MR) is 162 cm³/mol. The van der Waals surface area contributed by atoms with Crippen LogP contribution in [0.2, 0.25) is 0 Å². The highest BCUT2D eigenvalue weighted by Gasteiger charge is 2.23. The highest BCUT2D eigenvalue weighted by atomic mass is 19.1. The van der Waals surface area contributed by atoms with Gasteiger partial charge < -0.3 is 25.7 Å². The van der Waals surface area contributed by atoms with E-state index in [0.29, 0.717) is 35.5 Å². The number of anilines is 1. The second kappa shape index (κ2) is 12.1. The summed E-state index contributed by atoms with van der Waals surface area (Å²) in [4.78, 5) is 51.0. The number of carbonyl (C=O) groups is 2. The van der Waals surface area contributed by atoms with E-state index in [1.165, 1.54) is 20.2 Å². The molecule has 1 aromatic heterocycles. The zero-order valence-corrected chi connectivity index (χ0v) is 24.3. The van der Waals surface area contributed by atoms with Crippen LogP contribution in [0.5, 0.6) is 5.75 Å². The normalized spacial score (nSPS) is 14.4. The minimum absolute atomic E-state index is 0.0293. The topological polar surface area (TPSA) is 134 Å². The van der Waals surface area contributed by atoms with Crippen molar-refractivity contribution >= 4 is 17.5 Å². The number of halogens is 1. The zero-order chi connectivity index (χ0) is 30.8. The SMILES string of the molecule is COc1cc(-c2cccc(-c3cccc(NC(=O)c4c[nH]c(=O)n(C)c4=O)c3C)c2C)cc(F)c1CNC1CNC(=O)C1. The summed E-state index contributed by atoms with van der Waals surface area (Å²) in [5.74, 6) is -0.689. The van der Waals surface area contributed by atoms with Crippen molar-refractivity contribution in [2.45, 2.75) is 32.9 Å². The molecule has 2 amide bonds. The lowest BCUT2D eigenvalue weighted by molar-refractivity contribution is -0.119. The molecule has 0 spiro atoms. The molecule has 1 fully saturated rings. The number of hydrogen-bond acceptors (Lipinski definition) is 6. The van der Waals surface area contributed by atoms with E-state index in [4.69, 9.17) is 4.74 Å². The Bertz CT molecular complexity index is 1860. The van der Waals surface area contributed by atoms with Gasteiger partial charge in [-0.1, -0.05) is 30.3 Å². The number of nitrogens with one attached hydrogen (secondary N) is 4. The Kier molecular flexibility index (Phi) is 8.27. The lowest BCUT2D eigenvalue weighted by Crippen LogP contribution is -2.37. The first-order valence-electron chi connectivity index (χ1n) is 13.8. The van der Waals surface area contributed by atoms with E-state index < -0.39 is 23.0 Å². The van der Waals surface area contributed by atoms with Gasteiger partial charge in [0.1, 0.15) is 17.1 Å². The number of methoxy groups -OCH3 is 1. The van der Waals surface area contributed by atoms with E-state index in [1.54, 1.807) is 18.2 Å². The summed E-state index contributed by atoms with van der Waals surface area (Å²) >= 11 is 0. The van der Waals surface area contributed by atoms with Crippen LogP contribution in [0.3, 0.4) is 0 Å². The van der Waals surface area contributed by atoms with Crippen LogP contribution >= 0.6 is 0 Å². The van der Waals surface area contributed by atoms with Crippen molar-refractivity contribution in [2.24, 2.45) is 7.05 Å². The van der Waals surface area contributed by atoms with Crippen LogP contribution < -0.4 is 31.9 Å². The van der Waals surface area contributed by atoms with Crippen molar-refractivity contribution in [3.8, 4) is 28.0 Å². The molecule has 2 heterocycles. The number of ether oxygens (including phenoxy) is 1. The fourth-order valence-electron chi connectivity index (χ4n) is 5.34. The molecule has 1 saturated heterocycles. The van der Waals surface area contributed by atoms with Crippen molar-refractivity contribution in [1.82, 2.24) is 20.2 Å². The summed E-state index contributed by atoms with van der Waals surface area (Å²) in [6.45, 7) is 4.53. The Hall–Kier alpha value is -5.03. The van der Waals surface area contributed by atoms with Gasteiger partial charge in [0, 0.05) is 50.0 Å². The number of aromatic amines is 1. The second-order valence-corrected chi connectivity index (χ2v) is 10.5. The number of aromatic nitrogens is 2. The first kappa shape index (κ1) is 29.5. The van der Waals surface area contributed by atoms with Crippen molar-refractivity contribution in [2.75, 3.05) is 19.0 Å². The molecule has 0 radical (unpaired) electrons. The number of carbonyl (C=O) groups excluding carboxylic acids is 2. The van der Waals surface area contributed by atoms with E-state index >= 15 is 4.39 Å². The maximum atomic E-state index is 15.5. The van der Waals surface area contributed by atoms with Gasteiger partial charge in [0.25, 0.3) is 11.5 Å². The molecular weight excluding hydrogens is 553 g/mol. The van der Waals surface area contributed by atoms with Crippen LogP contribution in [-0.2, 0) is 18.4 Å². The minimum atomic E-state index is -0.700. The lowest BCUT2D eigenvalue weighted by Gasteiger charge is -2.18. The largest absolute Gasteiger partial charge is 0.496 e. The summed E-state index contributed by atoms with van der Waals surface area (Å²) in [7, 11) is 2.79. The quantitative estimate of drug-likeness (QED) is 0.251. The average Bonchev–Trinajstić information content (AvgIpc) is 3.41. The van der Waals surface area contributed by atoms with Gasteiger partial charge >= 0.3 is 5.69 Å². The fourth-order valence-corrected chi connectivity index (χ4v) is 5.34. The molecule has 11 heteroatoms. The standard InChI is InChI=1S/C32H32FN5O5/c1-17-21(19-11-26(33)24(28(12-19)43-4)15-34-20-13-29(39)35-14-20)7-5-8-22(17)23-9-6-10-27(18(23)2)37-30(40)25-16-36-32(42)38(3)31(25)41/h5-12,16,20,34H,13-15H2,1-4H3,(H,35,39)(H,36,42)(H,37,40). The molecule has 1 aliphatic heterocycles. The number of hydrogen-bond donors (Lipinski definition) is 4. The van der Waals surface area contributed by atoms with E-state index in [9.17, 15) is 19.2 Å². The number of rotatable bonds is 8. The maximum absolute atomic E-state index is 15.5. The third-order valence-corrected chi connectivity index (χ3v) is 7.86. The van der Waals surface area contributed by atoms with Crippen molar-refractivity contribution in [3.63, 3.8) is 0 Å². The third kappa shape index (κ3) is 5.84. The van der Waals surface area contributed by atoms with Crippen molar-refractivity contribution in [3.05, 3.63) is 104 Å². The summed E-state index contributed by atoms with van der Waals surface area (Å²) in [5.41, 5.74) is 4.24. The number of benzene rings is 3. The van der Waals surface area contributed by atoms with Crippen molar-refractivity contribution in [1.29, 1.82) is 0 Å². The molecule has 0 saturated carbocycles. The summed E-state index contributed by atoms with van der Waals surface area (Å²) in [6, 6.07) is 14.4. The molecule has 1 aliphatic rings. The Balaban J connectivity index is 1.45. The highest BCUT2D eigenvalue weighted by Crippen LogP contribution is 2.37. The highest BCUT2D eigenvalue weighted by molar-refractivity contribution is 6.04. The summed E-state index contributed by atoms with van der Waals surface area (Å²) in [6.07, 6.45) is 1.46. The minimum Gasteiger partial charge on any atom is -0.496 e. The molecule has 4 aromatic rings. The number of amides is 2. The van der Waals surface area contributed by atoms with Gasteiger partial charge in [0.15, 0.2) is 0 Å². The van der Waals surface area contributed by atoms with Crippen LogP contribution in [0.1, 0.15) is 33.5 Å². The van der Waals surface area contributed by atoms with Gasteiger partial charge in [-0.3, -0.25) is 19.0 Å². The molecule has 10 nitrogen and oxygen atoms in total. The molecule has 1 unspecified atom stereocenters. The van der Waals surface area contributed by atoms with Gasteiger partial charge in [0.05, 0.1) is 7.11 Å². The summed E-state index contributed by atoms with van der Waals surface area (Å²) < 4.78 is 21.9. The first-order chi connectivity index (χ1) is 20.6. The monoisotopic (exact) mass is 585 g/mol. The lowest BCUT2D eigenvalue weighted by atomic mass is 9.90. The Labute approximate surface area is 246 Å². The van der Waals surface area contributed by atoms with Gasteiger partial charge in [0.2, 0.25) is 5.91 Å². The molecular formula is C32H32FN5O5. The Morgan fingerprint density at radius 3 is 2.44 bits per heavy atom. The van der Waals surface area contributed by atoms with Crippen LogP contribution in [0.25, 0.3) is 22.3 Å². The molecule has 1 atom stereocenters. The average molecular weight is 586 g/mol. The van der Waals surface area contributed by atoms with Gasteiger partial charge in [-0.2, -0.15) is 0 Å². The maximum Gasteiger partial charge on any atom is 0.328 e. The molecule has 222 valence electrons. The second-order valence-electron chi connectivity index (χ2n) is 10.5. The van der Waals surface area contributed by atoms with Gasteiger partial charge in [-0.05, 0) is 65.4 Å². The van der Waals surface area contributed by atoms with E-state index in [-0.39, 0.29) is 24.1 Å². The van der Waals surface area contributed by atoms with Crippen LogP contribution in [0.4, 0.5) is 10.1 Å². The Morgan fingerprint density at radius 1 is 1.05 bits per heavy atom. The van der Waals surface area contributed by atoms with Crippen LogP contribution in [0.15, 0.2) is 64.3 Å². The zero-order valence-electron chi connectivity index (χ0n) is 24.3. The number of nitrogens with zero attached hydrogens (tertiary/aromatic N) is 1. The molecule has 4 N–H and O–H groups in total. The first-order valence-corrected chi connectivity index (χ1v) is 13.8. The summed E-state index contributed by atoms with van der Waals surface area (Å²) in [5, 5.41) is 8.77. The van der Waals surface area contributed by atoms with E-state index in [0.717, 1.165) is 38.6 Å². The predicted octanol–water partition coefficient (Wildman–Crippen LogP) is 3.40. The molecule has 3 aromatic carbocycles. The molecule has 0 aliphatic carbocycles. The van der Waals surface area contributed by atoms with Crippen LogP contribution in [-0.4, -0.2) is 41.1 Å². The number of H-pyrrole nitrogens is 1. The molecule has 43 heavy (non-hydrogen) atoms. The molecule has 5 rings (SSSR count). The van der Waals surface area contributed by atoms with Gasteiger partial charge in [-0.15, -0.1) is 0 Å². The third-order valence-electron chi connectivity index (χ3n) is 7.86. The Morgan fingerprint density at radius 2 is 1.74 bits per heavy atom. The fraction of sp³-hybridized carbons (Fsp3) is 0.250. The van der Waals surface area contributed by atoms with E-state index in [2.05, 4.69) is 20.9 Å². The van der Waals surface area contributed by atoms with E-state index in [1.807, 2.05) is 38.1 Å². The molecule has 0 bridgehead atoms. The van der Waals surface area contributed by atoms with Crippen molar-refractivity contribution < 1.29 is 18.7 Å². The smallest absolute Gasteiger partial charge is 0.328 e. The van der Waals surface area contributed by atoms with Crippen LogP contribution in [0, 0.1) is 19.7 Å².